The highest BCUT2D eigenvalue weighted by Gasteiger charge is 2.50. The zero-order chi connectivity index (χ0) is 33.8. The van der Waals surface area contributed by atoms with Gasteiger partial charge in [-0.05, 0) is 47.3 Å². The summed E-state index contributed by atoms with van der Waals surface area (Å²) in [6.07, 6.45) is -0.718. The second kappa shape index (κ2) is 14.2. The van der Waals surface area contributed by atoms with Gasteiger partial charge in [-0.25, -0.2) is 22.0 Å². The third kappa shape index (κ3) is 7.06. The number of amides is 1. The zero-order valence-corrected chi connectivity index (χ0v) is 29.2. The number of ether oxygens (including phenoxy) is 1. The third-order valence-electron chi connectivity index (χ3n) is 8.69. The summed E-state index contributed by atoms with van der Waals surface area (Å²) in [6.45, 7) is 14.3. The van der Waals surface area contributed by atoms with Gasteiger partial charge in [-0.1, -0.05) is 108 Å². The number of carbonyl (C=O) groups is 2. The van der Waals surface area contributed by atoms with Crippen molar-refractivity contribution in [2.24, 2.45) is 0 Å². The molecular weight excluding hydrogens is 621 g/mol. The highest BCUT2D eigenvalue weighted by molar-refractivity contribution is 7.90. The van der Waals surface area contributed by atoms with Gasteiger partial charge in [-0.15, -0.1) is 0 Å². The predicted molar refractivity (Wildman–Crippen MR) is 182 cm³/mol. The number of aromatic nitrogens is 1. The topological polar surface area (TPSA) is 124 Å². The Hall–Kier alpha value is -3.93. The maximum Gasteiger partial charge on any atom is 0.408 e. The Balaban J connectivity index is 1.89. The SMILES string of the molecule is Cc1ccc(S(=O)(=O)n2cc([C@@H](O[Si](C(C)C)(C(C)C)C(C)C)[C@H](NC(=O)OCc3ccccc3)C(=O)O)c3ccccc32)cc1. The highest BCUT2D eigenvalue weighted by Crippen LogP contribution is 2.47. The molecule has 0 aliphatic rings. The normalized spacial score (nSPS) is 13.7. The molecule has 2 atom stereocenters. The average Bonchev–Trinajstić information content (AvgIpc) is 3.40. The van der Waals surface area contributed by atoms with Crippen LogP contribution in [0.25, 0.3) is 10.9 Å². The number of aliphatic carboxylic acids is 1. The number of carboxylic acid groups (broad SMARTS) is 1. The Labute approximate surface area is 272 Å². The van der Waals surface area contributed by atoms with Gasteiger partial charge >= 0.3 is 12.1 Å². The molecule has 0 spiro atoms. The molecule has 9 nitrogen and oxygen atoms in total. The van der Waals surface area contributed by atoms with E-state index >= 15 is 0 Å². The number of hydrogen-bond donors (Lipinski definition) is 2. The number of carbonyl (C=O) groups excluding carboxylic acids is 1. The first-order valence-corrected chi connectivity index (χ1v) is 19.1. The Morgan fingerprint density at radius 3 is 1.98 bits per heavy atom. The van der Waals surface area contributed by atoms with E-state index in [1.807, 2.05) is 25.1 Å². The van der Waals surface area contributed by atoms with E-state index in [9.17, 15) is 23.1 Å². The van der Waals surface area contributed by atoms with E-state index in [4.69, 9.17) is 9.16 Å². The van der Waals surface area contributed by atoms with Gasteiger partial charge in [-0.3, -0.25) is 0 Å². The second-order valence-corrected chi connectivity index (χ2v) is 19.8. The number of aryl methyl sites for hydroxylation is 1. The van der Waals surface area contributed by atoms with Gasteiger partial charge < -0.3 is 19.6 Å². The molecule has 11 heteroatoms. The molecule has 1 heterocycles. The quantitative estimate of drug-likeness (QED) is 0.140. The fourth-order valence-electron chi connectivity index (χ4n) is 6.52. The number of nitrogens with zero attached hydrogens (tertiary/aromatic N) is 1. The predicted octanol–water partition coefficient (Wildman–Crippen LogP) is 7.80. The van der Waals surface area contributed by atoms with Crippen LogP contribution in [0.2, 0.25) is 16.6 Å². The van der Waals surface area contributed by atoms with Crippen LogP contribution < -0.4 is 5.32 Å². The first-order chi connectivity index (χ1) is 21.7. The van der Waals surface area contributed by atoms with Crippen LogP contribution in [0.15, 0.2) is 90.0 Å². The van der Waals surface area contributed by atoms with Crippen LogP contribution in [-0.4, -0.2) is 43.9 Å². The smallest absolute Gasteiger partial charge is 0.408 e. The minimum Gasteiger partial charge on any atom is -0.480 e. The maximum absolute atomic E-state index is 14.0. The highest BCUT2D eigenvalue weighted by atomic mass is 32.2. The molecule has 4 rings (SSSR count). The number of para-hydroxylation sites is 1. The minimum absolute atomic E-state index is 0.0543. The summed E-state index contributed by atoms with van der Waals surface area (Å²) in [5.41, 5.74) is 2.58. The van der Waals surface area contributed by atoms with Crippen molar-refractivity contribution in [3.05, 3.63) is 102 Å². The lowest BCUT2D eigenvalue weighted by Gasteiger charge is -2.45. The van der Waals surface area contributed by atoms with Crippen molar-refractivity contribution in [2.75, 3.05) is 0 Å². The monoisotopic (exact) mass is 664 g/mol. The molecule has 246 valence electrons. The maximum atomic E-state index is 14.0. The van der Waals surface area contributed by atoms with Gasteiger partial charge in [0.1, 0.15) is 12.7 Å². The molecule has 0 fully saturated rings. The van der Waals surface area contributed by atoms with Gasteiger partial charge in [-0.2, -0.15) is 0 Å². The van der Waals surface area contributed by atoms with Crippen LogP contribution in [0.3, 0.4) is 0 Å². The molecule has 1 aromatic heterocycles. The van der Waals surface area contributed by atoms with Crippen molar-refractivity contribution < 1.29 is 32.3 Å². The van der Waals surface area contributed by atoms with E-state index in [-0.39, 0.29) is 28.1 Å². The number of rotatable bonds is 13. The summed E-state index contributed by atoms with van der Waals surface area (Å²) in [4.78, 5) is 26.3. The molecule has 0 unspecified atom stereocenters. The Morgan fingerprint density at radius 1 is 0.848 bits per heavy atom. The molecule has 0 bridgehead atoms. The lowest BCUT2D eigenvalue weighted by molar-refractivity contribution is -0.142. The van der Waals surface area contributed by atoms with E-state index in [2.05, 4.69) is 46.9 Å². The van der Waals surface area contributed by atoms with Crippen LogP contribution in [0.4, 0.5) is 4.79 Å². The fourth-order valence-corrected chi connectivity index (χ4v) is 13.4. The van der Waals surface area contributed by atoms with Gasteiger partial charge in [0.25, 0.3) is 10.0 Å². The largest absolute Gasteiger partial charge is 0.480 e. The fraction of sp³-hybridized carbons (Fsp3) is 0.371. The third-order valence-corrected chi connectivity index (χ3v) is 16.5. The van der Waals surface area contributed by atoms with Gasteiger partial charge in [0.15, 0.2) is 6.04 Å². The van der Waals surface area contributed by atoms with Crippen molar-refractivity contribution >= 4 is 41.3 Å². The average molecular weight is 665 g/mol. The molecule has 0 aliphatic carbocycles. The number of hydrogen-bond acceptors (Lipinski definition) is 6. The van der Waals surface area contributed by atoms with Crippen molar-refractivity contribution in [3.8, 4) is 0 Å². The zero-order valence-electron chi connectivity index (χ0n) is 27.4. The summed E-state index contributed by atoms with van der Waals surface area (Å²) < 4.78 is 41.8. The molecular formula is C35H44N2O7SSi. The lowest BCUT2D eigenvalue weighted by Crippen LogP contribution is -2.54. The van der Waals surface area contributed by atoms with Crippen molar-refractivity contribution in [1.82, 2.24) is 9.29 Å². The molecule has 4 aromatic rings. The number of benzene rings is 3. The summed E-state index contributed by atoms with van der Waals surface area (Å²) in [7, 11) is -6.90. The van der Waals surface area contributed by atoms with E-state index < -0.39 is 42.5 Å². The second-order valence-electron chi connectivity index (χ2n) is 12.6. The van der Waals surface area contributed by atoms with E-state index in [1.165, 1.54) is 10.2 Å². The van der Waals surface area contributed by atoms with Crippen LogP contribution >= 0.6 is 0 Å². The van der Waals surface area contributed by atoms with Crippen LogP contribution in [0.5, 0.6) is 0 Å². The first kappa shape index (κ1) is 34.9. The summed E-state index contributed by atoms with van der Waals surface area (Å²) >= 11 is 0. The Kier molecular flexibility index (Phi) is 10.8. The molecule has 0 aliphatic heterocycles. The first-order valence-electron chi connectivity index (χ1n) is 15.5. The number of carboxylic acids is 1. The molecule has 0 radical (unpaired) electrons. The Morgan fingerprint density at radius 2 is 1.41 bits per heavy atom. The van der Waals surface area contributed by atoms with Crippen LogP contribution in [0, 0.1) is 6.92 Å². The van der Waals surface area contributed by atoms with E-state index in [1.54, 1.807) is 60.7 Å². The number of fused-ring (bicyclic) bond motifs is 1. The van der Waals surface area contributed by atoms with Crippen molar-refractivity contribution in [1.29, 1.82) is 0 Å². The minimum atomic E-state index is -4.08. The Bertz CT molecular complexity index is 1750. The van der Waals surface area contributed by atoms with E-state index in [0.717, 1.165) is 11.1 Å². The van der Waals surface area contributed by atoms with E-state index in [0.29, 0.717) is 16.5 Å². The molecule has 1 amide bonds. The molecule has 46 heavy (non-hydrogen) atoms. The molecule has 2 N–H and O–H groups in total. The van der Waals surface area contributed by atoms with Gasteiger partial charge in [0.05, 0.1) is 10.4 Å². The van der Waals surface area contributed by atoms with Crippen molar-refractivity contribution in [3.63, 3.8) is 0 Å². The molecule has 3 aromatic carbocycles. The standard InChI is InChI=1S/C35H44N2O7SSi/c1-23(2)46(24(3)4,25(5)6)44-33(32(34(38)39)36-35(40)43-22-27-13-9-8-10-14-27)30-21-37(31-16-12-11-15-29(30)31)45(41,42)28-19-17-26(7)18-20-28/h8-21,23-25,32-33H,22H2,1-7H3,(H,36,40)(H,38,39)/t32-,33+/m0/s1. The summed E-state index contributed by atoms with van der Waals surface area (Å²) in [5, 5.41) is 13.7. The lowest BCUT2D eigenvalue weighted by atomic mass is 10.0. The molecule has 0 saturated heterocycles. The van der Waals surface area contributed by atoms with Crippen molar-refractivity contribution in [2.45, 2.75) is 88.7 Å². The van der Waals surface area contributed by atoms with Crippen LogP contribution in [-0.2, 0) is 30.6 Å². The van der Waals surface area contributed by atoms with Crippen LogP contribution in [0.1, 0.15) is 64.3 Å². The van der Waals surface area contributed by atoms with Gasteiger partial charge in [0.2, 0.25) is 8.32 Å². The summed E-state index contributed by atoms with van der Waals surface area (Å²) in [5.74, 6) is -1.33. The summed E-state index contributed by atoms with van der Waals surface area (Å²) in [6, 6.07) is 20.9. The number of alkyl carbamates (subject to hydrolysis) is 1. The molecule has 0 saturated carbocycles. The number of nitrogens with one attached hydrogen (secondary N) is 1. The van der Waals surface area contributed by atoms with Gasteiger partial charge in [0, 0.05) is 17.1 Å².